The van der Waals surface area contributed by atoms with Gasteiger partial charge in [0.1, 0.15) is 10.6 Å². The Morgan fingerprint density at radius 2 is 2.25 bits per heavy atom. The zero-order valence-corrected chi connectivity index (χ0v) is 12.7. The van der Waals surface area contributed by atoms with Crippen LogP contribution < -0.4 is 5.32 Å². The second kappa shape index (κ2) is 6.01. The van der Waals surface area contributed by atoms with Crippen molar-refractivity contribution in [3.05, 3.63) is 28.3 Å². The average Bonchev–Trinajstić information content (AvgIpc) is 2.87. The first kappa shape index (κ1) is 15.1. The van der Waals surface area contributed by atoms with Crippen LogP contribution in [0.5, 0.6) is 0 Å². The Morgan fingerprint density at radius 3 is 2.80 bits per heavy atom. The van der Waals surface area contributed by atoms with E-state index in [1.807, 2.05) is 11.8 Å². The Labute approximate surface area is 122 Å². The van der Waals surface area contributed by atoms with Gasteiger partial charge in [-0.2, -0.15) is 11.8 Å². The van der Waals surface area contributed by atoms with E-state index in [9.17, 15) is 18.5 Å². The lowest BCUT2D eigenvalue weighted by molar-refractivity contribution is -0.386. The van der Waals surface area contributed by atoms with Crippen LogP contribution in [0, 0.1) is 16.0 Å². The Bertz CT molecular complexity index is 610. The van der Waals surface area contributed by atoms with Gasteiger partial charge in [0, 0.05) is 12.8 Å². The molecule has 20 heavy (non-hydrogen) atoms. The first-order valence-corrected chi connectivity index (χ1v) is 9.23. The summed E-state index contributed by atoms with van der Waals surface area (Å²) >= 11 is 1.87. The molecule has 0 spiro atoms. The smallest absolute Gasteiger partial charge is 0.310 e. The normalized spacial score (nSPS) is 18.9. The lowest BCUT2D eigenvalue weighted by Gasteiger charge is -2.12. The van der Waals surface area contributed by atoms with E-state index < -0.39 is 14.8 Å². The SMILES string of the molecule is CS(=O)(=O)c1cccc(NCC2CCSC2)c1[N+](=O)[O-]. The number of sulfone groups is 1. The fourth-order valence-corrected chi connectivity index (χ4v) is 4.30. The molecule has 0 aliphatic carbocycles. The Morgan fingerprint density at radius 1 is 1.50 bits per heavy atom. The second-order valence-corrected chi connectivity index (χ2v) is 7.93. The van der Waals surface area contributed by atoms with Crippen LogP contribution in [0.3, 0.4) is 0 Å². The third-order valence-electron chi connectivity index (χ3n) is 3.19. The first-order valence-electron chi connectivity index (χ1n) is 6.18. The minimum absolute atomic E-state index is 0.242. The van der Waals surface area contributed by atoms with Gasteiger partial charge in [-0.1, -0.05) is 6.07 Å². The van der Waals surface area contributed by atoms with Gasteiger partial charge >= 0.3 is 5.69 Å². The molecule has 1 aliphatic heterocycles. The van der Waals surface area contributed by atoms with Gasteiger partial charge in [-0.05, 0) is 36.0 Å². The highest BCUT2D eigenvalue weighted by Gasteiger charge is 2.26. The summed E-state index contributed by atoms with van der Waals surface area (Å²) in [5.74, 6) is 2.62. The summed E-state index contributed by atoms with van der Waals surface area (Å²) in [5.41, 5.74) is -0.0875. The van der Waals surface area contributed by atoms with Gasteiger partial charge in [0.15, 0.2) is 9.84 Å². The van der Waals surface area contributed by atoms with Crippen molar-refractivity contribution in [2.75, 3.05) is 29.6 Å². The lowest BCUT2D eigenvalue weighted by Crippen LogP contribution is -2.15. The standard InChI is InChI=1S/C12H16N2O4S2/c1-20(17,18)11-4-2-3-10(12(11)14(15)16)13-7-9-5-6-19-8-9/h2-4,9,13H,5-8H2,1H3. The summed E-state index contributed by atoms with van der Waals surface area (Å²) in [6.07, 6.45) is 2.06. The molecule has 6 nitrogen and oxygen atoms in total. The minimum atomic E-state index is -3.62. The molecule has 0 saturated carbocycles. The lowest BCUT2D eigenvalue weighted by atomic mass is 10.1. The summed E-state index contributed by atoms with van der Waals surface area (Å²) in [7, 11) is -3.62. The van der Waals surface area contributed by atoms with Gasteiger partial charge in [0.2, 0.25) is 0 Å². The van der Waals surface area contributed by atoms with Crippen molar-refractivity contribution in [2.24, 2.45) is 5.92 Å². The van der Waals surface area contributed by atoms with E-state index in [0.29, 0.717) is 12.5 Å². The number of hydrogen-bond acceptors (Lipinski definition) is 6. The Balaban J connectivity index is 2.30. The molecule has 1 saturated heterocycles. The molecule has 0 bridgehead atoms. The van der Waals surface area contributed by atoms with Gasteiger partial charge < -0.3 is 5.32 Å². The highest BCUT2D eigenvalue weighted by atomic mass is 32.2. The first-order chi connectivity index (χ1) is 9.39. The zero-order chi connectivity index (χ0) is 14.8. The van der Waals surface area contributed by atoms with Gasteiger partial charge in [-0.25, -0.2) is 8.42 Å². The largest absolute Gasteiger partial charge is 0.379 e. The highest BCUT2D eigenvalue weighted by Crippen LogP contribution is 2.32. The molecule has 1 atom stereocenters. The molecule has 1 heterocycles. The molecule has 0 aromatic heterocycles. The topological polar surface area (TPSA) is 89.3 Å². The van der Waals surface area contributed by atoms with Crippen molar-refractivity contribution in [3.63, 3.8) is 0 Å². The number of nitrogens with zero attached hydrogens (tertiary/aromatic N) is 1. The fourth-order valence-electron chi connectivity index (χ4n) is 2.15. The summed E-state index contributed by atoms with van der Waals surface area (Å²) in [5, 5.41) is 14.2. The molecule has 110 valence electrons. The number of para-hydroxylation sites is 1. The molecule has 0 radical (unpaired) electrons. The third kappa shape index (κ3) is 3.43. The molecule has 0 amide bonds. The number of rotatable bonds is 5. The van der Waals surface area contributed by atoms with Crippen LogP contribution in [0.15, 0.2) is 23.1 Å². The van der Waals surface area contributed by atoms with Crippen molar-refractivity contribution < 1.29 is 13.3 Å². The maximum absolute atomic E-state index is 11.6. The molecule has 1 aromatic carbocycles. The minimum Gasteiger partial charge on any atom is -0.379 e. The van der Waals surface area contributed by atoms with Gasteiger partial charge in [-0.15, -0.1) is 0 Å². The molecule has 1 N–H and O–H groups in total. The third-order valence-corrected chi connectivity index (χ3v) is 5.55. The van der Waals surface area contributed by atoms with E-state index in [1.165, 1.54) is 12.1 Å². The van der Waals surface area contributed by atoms with E-state index in [-0.39, 0.29) is 16.3 Å². The number of anilines is 1. The van der Waals surface area contributed by atoms with Gasteiger partial charge in [0.25, 0.3) is 0 Å². The Kier molecular flexibility index (Phi) is 4.54. The van der Waals surface area contributed by atoms with E-state index in [4.69, 9.17) is 0 Å². The predicted molar refractivity (Wildman–Crippen MR) is 80.1 cm³/mol. The second-order valence-electron chi connectivity index (χ2n) is 4.79. The number of nitro benzene ring substituents is 1. The monoisotopic (exact) mass is 316 g/mol. The van der Waals surface area contributed by atoms with Crippen LogP contribution in [0.4, 0.5) is 11.4 Å². The van der Waals surface area contributed by atoms with Crippen LogP contribution in [-0.4, -0.2) is 37.6 Å². The van der Waals surface area contributed by atoms with Crippen molar-refractivity contribution in [3.8, 4) is 0 Å². The van der Waals surface area contributed by atoms with Crippen LogP contribution in [0.1, 0.15) is 6.42 Å². The van der Waals surface area contributed by atoms with E-state index in [0.717, 1.165) is 24.2 Å². The summed E-state index contributed by atoms with van der Waals surface area (Å²) in [6, 6.07) is 4.34. The van der Waals surface area contributed by atoms with Gasteiger partial charge in [-0.3, -0.25) is 10.1 Å². The number of hydrogen-bond donors (Lipinski definition) is 1. The van der Waals surface area contributed by atoms with E-state index >= 15 is 0 Å². The fraction of sp³-hybridized carbons (Fsp3) is 0.500. The Hall–Kier alpha value is -1.28. The molecular formula is C12H16N2O4S2. The summed E-state index contributed by atoms with van der Waals surface area (Å²) in [4.78, 5) is 10.3. The quantitative estimate of drug-likeness (QED) is 0.661. The molecule has 1 aliphatic rings. The van der Waals surface area contributed by atoms with Crippen molar-refractivity contribution >= 4 is 33.0 Å². The molecular weight excluding hydrogens is 300 g/mol. The molecule has 1 fully saturated rings. The van der Waals surface area contributed by atoms with Crippen molar-refractivity contribution in [2.45, 2.75) is 11.3 Å². The number of benzene rings is 1. The summed E-state index contributed by atoms with van der Waals surface area (Å²) in [6.45, 7) is 0.626. The van der Waals surface area contributed by atoms with Crippen molar-refractivity contribution in [1.29, 1.82) is 0 Å². The molecule has 1 aromatic rings. The molecule has 2 rings (SSSR count). The van der Waals surface area contributed by atoms with Gasteiger partial charge in [0.05, 0.1) is 4.92 Å². The molecule has 1 unspecified atom stereocenters. The van der Waals surface area contributed by atoms with E-state index in [1.54, 1.807) is 6.07 Å². The average molecular weight is 316 g/mol. The predicted octanol–water partition coefficient (Wildman–Crippen LogP) is 2.16. The summed E-state index contributed by atoms with van der Waals surface area (Å²) < 4.78 is 23.3. The van der Waals surface area contributed by atoms with Crippen LogP contribution in [0.2, 0.25) is 0 Å². The number of thioether (sulfide) groups is 1. The maximum atomic E-state index is 11.6. The van der Waals surface area contributed by atoms with Crippen LogP contribution in [-0.2, 0) is 9.84 Å². The zero-order valence-electron chi connectivity index (χ0n) is 11.0. The van der Waals surface area contributed by atoms with Crippen LogP contribution in [0.25, 0.3) is 0 Å². The number of nitrogens with one attached hydrogen (secondary N) is 1. The van der Waals surface area contributed by atoms with E-state index in [2.05, 4.69) is 5.32 Å². The van der Waals surface area contributed by atoms with Crippen molar-refractivity contribution in [1.82, 2.24) is 0 Å². The maximum Gasteiger partial charge on any atom is 0.310 e. The molecule has 8 heteroatoms. The number of nitro groups is 1. The van der Waals surface area contributed by atoms with Crippen LogP contribution >= 0.6 is 11.8 Å². The highest BCUT2D eigenvalue weighted by molar-refractivity contribution is 7.99.